The third-order valence-electron chi connectivity index (χ3n) is 4.12. The van der Waals surface area contributed by atoms with E-state index in [4.69, 9.17) is 0 Å². The van der Waals surface area contributed by atoms with E-state index in [-0.39, 0.29) is 0 Å². The van der Waals surface area contributed by atoms with Gasteiger partial charge < -0.3 is 4.90 Å². The predicted octanol–water partition coefficient (Wildman–Crippen LogP) is 4.32. The molecule has 1 aromatic carbocycles. The van der Waals surface area contributed by atoms with Crippen LogP contribution in [0.2, 0.25) is 0 Å². The Morgan fingerprint density at radius 1 is 1.26 bits per heavy atom. The lowest BCUT2D eigenvalue weighted by atomic mass is 9.86. The van der Waals surface area contributed by atoms with Crippen LogP contribution >= 0.6 is 0 Å². The lowest BCUT2D eigenvalue weighted by Gasteiger charge is -2.26. The van der Waals surface area contributed by atoms with E-state index in [1.807, 2.05) is 17.0 Å². The Labute approximate surface area is 116 Å². The smallest absolute Gasteiger partial charge is 0.227 e. The van der Waals surface area contributed by atoms with Gasteiger partial charge in [0.05, 0.1) is 0 Å². The van der Waals surface area contributed by atoms with Crippen molar-refractivity contribution in [2.45, 2.75) is 52.4 Å². The number of amides is 1. The summed E-state index contributed by atoms with van der Waals surface area (Å²) in [6.07, 6.45) is 7.14. The first-order chi connectivity index (χ1) is 9.20. The van der Waals surface area contributed by atoms with Crippen molar-refractivity contribution < 1.29 is 4.79 Å². The molecule has 0 aliphatic heterocycles. The maximum Gasteiger partial charge on any atom is 0.227 e. The van der Waals surface area contributed by atoms with Gasteiger partial charge in [-0.2, -0.15) is 0 Å². The number of rotatable bonds is 4. The summed E-state index contributed by atoms with van der Waals surface area (Å²) in [6, 6.07) is 8.24. The van der Waals surface area contributed by atoms with Crippen molar-refractivity contribution in [3.05, 3.63) is 29.8 Å². The van der Waals surface area contributed by atoms with E-state index in [9.17, 15) is 4.79 Å². The highest BCUT2D eigenvalue weighted by molar-refractivity contribution is 5.93. The molecule has 1 aliphatic carbocycles. The van der Waals surface area contributed by atoms with E-state index in [0.717, 1.165) is 18.7 Å². The summed E-state index contributed by atoms with van der Waals surface area (Å²) in [7, 11) is 0. The Bertz CT molecular complexity index is 421. The van der Waals surface area contributed by atoms with Crippen molar-refractivity contribution in [1.82, 2.24) is 0 Å². The average Bonchev–Trinajstić information content (AvgIpc) is 2.41. The van der Waals surface area contributed by atoms with Crippen LogP contribution in [0.25, 0.3) is 0 Å². The van der Waals surface area contributed by atoms with Crippen LogP contribution in [0.15, 0.2) is 24.3 Å². The van der Waals surface area contributed by atoms with Crippen molar-refractivity contribution in [1.29, 1.82) is 0 Å². The molecule has 1 aromatic rings. The second kappa shape index (κ2) is 6.74. The van der Waals surface area contributed by atoms with E-state index in [2.05, 4.69) is 26.0 Å². The zero-order chi connectivity index (χ0) is 13.7. The lowest BCUT2D eigenvalue weighted by Crippen LogP contribution is -2.32. The zero-order valence-electron chi connectivity index (χ0n) is 12.2. The Hall–Kier alpha value is -1.31. The number of nitrogens with zero attached hydrogens (tertiary/aromatic N) is 1. The molecule has 1 aliphatic rings. The minimum Gasteiger partial charge on any atom is -0.313 e. The van der Waals surface area contributed by atoms with E-state index in [1.165, 1.54) is 37.7 Å². The largest absolute Gasteiger partial charge is 0.313 e. The van der Waals surface area contributed by atoms with Crippen molar-refractivity contribution in [2.75, 3.05) is 11.4 Å². The molecule has 0 aromatic heterocycles. The van der Waals surface area contributed by atoms with Gasteiger partial charge >= 0.3 is 0 Å². The third kappa shape index (κ3) is 3.82. The summed E-state index contributed by atoms with van der Waals surface area (Å²) in [6.45, 7) is 4.89. The number of carbonyl (C=O) groups excluding carboxylic acids is 1. The Balaban J connectivity index is 2.02. The molecule has 0 atom stereocenters. The number of carbonyl (C=O) groups is 1. The first-order valence-electron chi connectivity index (χ1n) is 7.57. The molecule has 0 spiro atoms. The van der Waals surface area contributed by atoms with Crippen molar-refractivity contribution in [3.63, 3.8) is 0 Å². The zero-order valence-corrected chi connectivity index (χ0v) is 12.2. The maximum absolute atomic E-state index is 12.5. The van der Waals surface area contributed by atoms with E-state index >= 15 is 0 Å². The molecule has 1 saturated carbocycles. The lowest BCUT2D eigenvalue weighted by molar-refractivity contribution is -0.119. The average molecular weight is 259 g/mol. The molecular weight excluding hydrogens is 234 g/mol. The molecular formula is C17H25NO. The highest BCUT2D eigenvalue weighted by Gasteiger charge is 2.21. The number of hydrogen-bond acceptors (Lipinski definition) is 1. The van der Waals surface area contributed by atoms with Gasteiger partial charge in [-0.25, -0.2) is 0 Å². The minimum absolute atomic E-state index is 0.292. The molecule has 19 heavy (non-hydrogen) atoms. The van der Waals surface area contributed by atoms with Gasteiger partial charge in [-0.1, -0.05) is 31.4 Å². The number of benzene rings is 1. The summed E-state index contributed by atoms with van der Waals surface area (Å²) >= 11 is 0. The molecule has 0 unspecified atom stereocenters. The molecule has 104 valence electrons. The molecule has 2 nitrogen and oxygen atoms in total. The Morgan fingerprint density at radius 2 is 2.00 bits per heavy atom. The van der Waals surface area contributed by atoms with Gasteiger partial charge in [0.2, 0.25) is 5.91 Å². The van der Waals surface area contributed by atoms with Crippen LogP contribution in [-0.2, 0) is 4.79 Å². The quantitative estimate of drug-likeness (QED) is 0.788. The Morgan fingerprint density at radius 3 is 2.63 bits per heavy atom. The van der Waals surface area contributed by atoms with Gasteiger partial charge in [0.1, 0.15) is 0 Å². The van der Waals surface area contributed by atoms with E-state index < -0.39 is 0 Å². The molecule has 0 radical (unpaired) electrons. The molecule has 0 bridgehead atoms. The van der Waals surface area contributed by atoms with Crippen LogP contribution in [-0.4, -0.2) is 12.5 Å². The van der Waals surface area contributed by atoms with Gasteiger partial charge in [-0.05, 0) is 50.3 Å². The normalized spacial score (nSPS) is 16.3. The first-order valence-corrected chi connectivity index (χ1v) is 7.57. The van der Waals surface area contributed by atoms with Gasteiger partial charge in [-0.15, -0.1) is 0 Å². The third-order valence-corrected chi connectivity index (χ3v) is 4.12. The highest BCUT2D eigenvalue weighted by Crippen LogP contribution is 2.28. The van der Waals surface area contributed by atoms with Gasteiger partial charge in [0.15, 0.2) is 0 Å². The van der Waals surface area contributed by atoms with E-state index in [0.29, 0.717) is 11.8 Å². The molecule has 1 fully saturated rings. The fourth-order valence-corrected chi connectivity index (χ4v) is 3.05. The summed E-state index contributed by atoms with van der Waals surface area (Å²) in [5.74, 6) is 0.903. The molecule has 0 N–H and O–H groups in total. The number of hydrogen-bond donors (Lipinski definition) is 0. The minimum atomic E-state index is 0.292. The summed E-state index contributed by atoms with van der Waals surface area (Å²) in [5.41, 5.74) is 2.25. The molecule has 2 rings (SSSR count). The van der Waals surface area contributed by atoms with Crippen LogP contribution in [0.5, 0.6) is 0 Å². The highest BCUT2D eigenvalue weighted by atomic mass is 16.2. The summed E-state index contributed by atoms with van der Waals surface area (Å²) in [5, 5.41) is 0. The molecule has 0 saturated heterocycles. The Kier molecular flexibility index (Phi) is 5.00. The van der Waals surface area contributed by atoms with Crippen LogP contribution < -0.4 is 4.90 Å². The van der Waals surface area contributed by atoms with Crippen molar-refractivity contribution >= 4 is 11.6 Å². The van der Waals surface area contributed by atoms with Crippen LogP contribution in [0.4, 0.5) is 5.69 Å². The standard InChI is InChI=1S/C17H25NO/c1-3-18(16-11-7-8-14(2)12-16)17(19)13-15-9-5-4-6-10-15/h7-8,11-12,15H,3-6,9-10,13H2,1-2H3. The topological polar surface area (TPSA) is 20.3 Å². The number of anilines is 1. The second-order valence-electron chi connectivity index (χ2n) is 5.69. The van der Waals surface area contributed by atoms with Crippen LogP contribution in [0, 0.1) is 12.8 Å². The van der Waals surface area contributed by atoms with Gasteiger partial charge in [0, 0.05) is 18.7 Å². The van der Waals surface area contributed by atoms with Crippen molar-refractivity contribution in [2.24, 2.45) is 5.92 Å². The fourth-order valence-electron chi connectivity index (χ4n) is 3.05. The molecule has 1 amide bonds. The fraction of sp³-hybridized carbons (Fsp3) is 0.588. The SMILES string of the molecule is CCN(C(=O)CC1CCCCC1)c1cccc(C)c1. The summed E-state index contributed by atoms with van der Waals surface area (Å²) < 4.78 is 0. The maximum atomic E-state index is 12.5. The van der Waals surface area contributed by atoms with Gasteiger partial charge in [0.25, 0.3) is 0 Å². The van der Waals surface area contributed by atoms with E-state index in [1.54, 1.807) is 0 Å². The van der Waals surface area contributed by atoms with Crippen LogP contribution in [0.1, 0.15) is 51.0 Å². The molecule has 0 heterocycles. The van der Waals surface area contributed by atoms with Gasteiger partial charge in [-0.3, -0.25) is 4.79 Å². The second-order valence-corrected chi connectivity index (χ2v) is 5.69. The summed E-state index contributed by atoms with van der Waals surface area (Å²) in [4.78, 5) is 14.4. The van der Waals surface area contributed by atoms with Crippen LogP contribution in [0.3, 0.4) is 0 Å². The predicted molar refractivity (Wildman–Crippen MR) is 80.4 cm³/mol. The molecule has 2 heteroatoms. The monoisotopic (exact) mass is 259 g/mol. The first kappa shape index (κ1) is 14.1. The number of aryl methyl sites for hydroxylation is 1. The van der Waals surface area contributed by atoms with Crippen molar-refractivity contribution in [3.8, 4) is 0 Å².